The Hall–Kier alpha value is -4.73. The molecule has 5 aromatic rings. The molecule has 0 heterocycles. The lowest BCUT2D eigenvalue weighted by atomic mass is 10.1. The maximum Gasteiger partial charge on any atom is 0.261 e. The topological polar surface area (TPSA) is 97.2 Å². The highest BCUT2D eigenvalue weighted by molar-refractivity contribution is 7.99. The van der Waals surface area contributed by atoms with Crippen LogP contribution in [0.4, 0.5) is 11.4 Å². The molecule has 0 aliphatic heterocycles. The summed E-state index contributed by atoms with van der Waals surface area (Å²) in [6.45, 7) is 5.64. The highest BCUT2D eigenvalue weighted by Gasteiger charge is 2.20. The molecule has 212 valence electrons. The predicted octanol–water partition coefficient (Wildman–Crippen LogP) is 8.66. The van der Waals surface area contributed by atoms with Crippen LogP contribution in [-0.2, 0) is 10.0 Å². The first-order chi connectivity index (χ1) is 20.3. The molecule has 0 aliphatic carbocycles. The van der Waals surface area contributed by atoms with Crippen LogP contribution in [0.2, 0.25) is 0 Å². The molecule has 9 heteroatoms. The van der Waals surface area contributed by atoms with Crippen molar-refractivity contribution in [1.29, 1.82) is 0 Å². The summed E-state index contributed by atoms with van der Waals surface area (Å²) in [4.78, 5) is 5.50. The normalized spacial score (nSPS) is 11.5. The number of ether oxygens (including phenoxy) is 2. The molecule has 5 aromatic carbocycles. The monoisotopic (exact) mass is 596 g/mol. The van der Waals surface area contributed by atoms with Crippen molar-refractivity contribution in [3.63, 3.8) is 0 Å². The number of hydrogen-bond acceptors (Lipinski definition) is 7. The summed E-state index contributed by atoms with van der Waals surface area (Å²) in [5.41, 5.74) is 1.89. The van der Waals surface area contributed by atoms with Gasteiger partial charge in [-0.2, -0.15) is 0 Å². The molecule has 5 rings (SSSR count). The number of benzene rings is 5. The van der Waals surface area contributed by atoms with Crippen LogP contribution in [0.15, 0.2) is 123 Å². The molecule has 0 saturated heterocycles. The number of methoxy groups -OCH3 is 1. The Morgan fingerprint density at radius 2 is 1.57 bits per heavy atom. The average molecular weight is 597 g/mol. The summed E-state index contributed by atoms with van der Waals surface area (Å²) in [5.74, 6) is 1.58. The largest absolute Gasteiger partial charge is 0.506 e. The van der Waals surface area contributed by atoms with E-state index >= 15 is 0 Å². The Balaban J connectivity index is 1.48. The van der Waals surface area contributed by atoms with Crippen molar-refractivity contribution in [3.05, 3.63) is 109 Å². The van der Waals surface area contributed by atoms with Crippen molar-refractivity contribution in [1.82, 2.24) is 0 Å². The van der Waals surface area contributed by atoms with E-state index in [4.69, 9.17) is 9.47 Å². The zero-order chi connectivity index (χ0) is 29.7. The van der Waals surface area contributed by atoms with E-state index in [0.29, 0.717) is 44.3 Å². The van der Waals surface area contributed by atoms with E-state index in [2.05, 4.69) is 16.4 Å². The molecule has 0 unspecified atom stereocenters. The summed E-state index contributed by atoms with van der Waals surface area (Å²) >= 11 is 1.28. The van der Waals surface area contributed by atoms with Crippen molar-refractivity contribution < 1.29 is 23.0 Å². The van der Waals surface area contributed by atoms with E-state index in [0.717, 1.165) is 10.5 Å². The van der Waals surface area contributed by atoms with Crippen LogP contribution in [0.25, 0.3) is 16.8 Å². The average Bonchev–Trinajstić information content (AvgIpc) is 3.00. The number of allylic oxidation sites excluding steroid dienone is 1. The van der Waals surface area contributed by atoms with Gasteiger partial charge in [0.1, 0.15) is 11.5 Å². The number of para-hydroxylation sites is 3. The minimum absolute atomic E-state index is 0.0443. The predicted molar refractivity (Wildman–Crippen MR) is 170 cm³/mol. The molecule has 0 aromatic heterocycles. The fourth-order valence-corrected chi connectivity index (χ4v) is 6.56. The van der Waals surface area contributed by atoms with Gasteiger partial charge < -0.3 is 14.6 Å². The van der Waals surface area contributed by atoms with E-state index in [1.165, 1.54) is 23.9 Å². The highest BCUT2D eigenvalue weighted by Crippen LogP contribution is 2.46. The molecule has 0 amide bonds. The third-order valence-electron chi connectivity index (χ3n) is 6.41. The van der Waals surface area contributed by atoms with Crippen molar-refractivity contribution in [2.75, 3.05) is 11.8 Å². The van der Waals surface area contributed by atoms with Gasteiger partial charge in [-0.25, -0.2) is 8.42 Å². The van der Waals surface area contributed by atoms with E-state index in [1.807, 2.05) is 49.4 Å². The van der Waals surface area contributed by atoms with E-state index < -0.39 is 10.0 Å². The number of fused-ring (bicyclic) bond motifs is 1. The molecule has 0 aliphatic rings. The number of nitrogens with zero attached hydrogens (tertiary/aromatic N) is 1. The van der Waals surface area contributed by atoms with Crippen molar-refractivity contribution in [2.45, 2.75) is 21.6 Å². The second-order valence-corrected chi connectivity index (χ2v) is 11.9. The summed E-state index contributed by atoms with van der Waals surface area (Å²) < 4.78 is 41.0. The Morgan fingerprint density at radius 3 is 2.26 bits per heavy atom. The van der Waals surface area contributed by atoms with Gasteiger partial charge in [-0.3, -0.25) is 9.71 Å². The number of rotatable bonds is 10. The third-order valence-corrected chi connectivity index (χ3v) is 8.87. The number of sulfonamides is 1. The Morgan fingerprint density at radius 1 is 0.881 bits per heavy atom. The van der Waals surface area contributed by atoms with Crippen LogP contribution >= 0.6 is 11.8 Å². The Labute approximate surface area is 249 Å². The highest BCUT2D eigenvalue weighted by atomic mass is 32.2. The van der Waals surface area contributed by atoms with E-state index in [-0.39, 0.29) is 10.6 Å². The van der Waals surface area contributed by atoms with Gasteiger partial charge >= 0.3 is 0 Å². The van der Waals surface area contributed by atoms with Crippen LogP contribution in [0, 0.1) is 0 Å². The lowest BCUT2D eigenvalue weighted by molar-refractivity contribution is 0.379. The van der Waals surface area contributed by atoms with Crippen molar-refractivity contribution in [3.8, 4) is 23.0 Å². The van der Waals surface area contributed by atoms with Gasteiger partial charge in [-0.15, -0.1) is 0 Å². The van der Waals surface area contributed by atoms with Gasteiger partial charge in [-0.1, -0.05) is 72.4 Å². The standard InChI is InChI=1S/C33H28N2O5S2/c1-4-10-22-11-9-16-30(32(22)34-2)41-31-21-27(25-12-5-6-13-26(25)33(31)36)35-42(37,38)24-19-17-23(18-20-24)40-29-15-8-7-14-28(29)39-3/h4-21,35-36H,2H2,1,3H3/b10-4-. The van der Waals surface area contributed by atoms with Gasteiger partial charge in [0.2, 0.25) is 0 Å². The van der Waals surface area contributed by atoms with Crippen LogP contribution in [0.5, 0.6) is 23.0 Å². The molecule has 0 bridgehead atoms. The van der Waals surface area contributed by atoms with Gasteiger partial charge in [0.15, 0.2) is 11.5 Å². The van der Waals surface area contributed by atoms with Gasteiger partial charge in [-0.05, 0) is 62.2 Å². The number of nitrogens with one attached hydrogen (secondary N) is 1. The number of aliphatic imine (C=N–C) groups is 1. The zero-order valence-corrected chi connectivity index (χ0v) is 24.6. The lowest BCUT2D eigenvalue weighted by Gasteiger charge is -2.16. The van der Waals surface area contributed by atoms with E-state index in [9.17, 15) is 13.5 Å². The minimum atomic E-state index is -4.00. The zero-order valence-electron chi connectivity index (χ0n) is 22.9. The van der Waals surface area contributed by atoms with Crippen molar-refractivity contribution in [2.24, 2.45) is 4.99 Å². The number of phenolic OH excluding ortho intramolecular Hbond substituents is 1. The maximum atomic E-state index is 13.5. The lowest BCUT2D eigenvalue weighted by Crippen LogP contribution is -2.13. The first-order valence-electron chi connectivity index (χ1n) is 12.9. The molecule has 0 spiro atoms. The Kier molecular flexibility index (Phi) is 8.51. The molecule has 2 N–H and O–H groups in total. The molecule has 0 radical (unpaired) electrons. The fourth-order valence-electron chi connectivity index (χ4n) is 4.44. The van der Waals surface area contributed by atoms with Crippen LogP contribution in [0.3, 0.4) is 0 Å². The summed E-state index contributed by atoms with van der Waals surface area (Å²) in [6.07, 6.45) is 3.84. The summed E-state index contributed by atoms with van der Waals surface area (Å²) in [5, 5.41) is 12.3. The van der Waals surface area contributed by atoms with Crippen molar-refractivity contribution >= 4 is 56.7 Å². The van der Waals surface area contributed by atoms with Crippen LogP contribution in [0.1, 0.15) is 12.5 Å². The maximum absolute atomic E-state index is 13.5. The van der Waals surface area contributed by atoms with Gasteiger partial charge in [0.25, 0.3) is 10.0 Å². The second-order valence-electron chi connectivity index (χ2n) is 9.10. The van der Waals surface area contributed by atoms with Crippen LogP contribution in [-0.4, -0.2) is 27.4 Å². The number of aromatic hydroxyl groups is 1. The first kappa shape index (κ1) is 28.8. The minimum Gasteiger partial charge on any atom is -0.506 e. The van der Waals surface area contributed by atoms with Gasteiger partial charge in [0, 0.05) is 21.2 Å². The van der Waals surface area contributed by atoms with Crippen LogP contribution < -0.4 is 14.2 Å². The van der Waals surface area contributed by atoms with E-state index in [1.54, 1.807) is 61.7 Å². The molecule has 7 nitrogen and oxygen atoms in total. The second kappa shape index (κ2) is 12.4. The fraction of sp³-hybridized carbons (Fsp3) is 0.0606. The molecular formula is C33H28N2O5S2. The number of anilines is 1. The Bertz CT molecular complexity index is 1900. The summed E-state index contributed by atoms with van der Waals surface area (Å²) in [6, 6.07) is 27.7. The molecule has 0 fully saturated rings. The number of phenols is 1. The summed E-state index contributed by atoms with van der Waals surface area (Å²) in [7, 11) is -2.44. The molecule has 0 saturated carbocycles. The number of hydrogen-bond donors (Lipinski definition) is 2. The SMILES string of the molecule is C=Nc1c(/C=C\C)cccc1Sc1cc(NS(=O)(=O)c2ccc(Oc3ccccc3OC)cc2)c2ccccc2c1O. The smallest absolute Gasteiger partial charge is 0.261 e. The van der Waals surface area contributed by atoms with Gasteiger partial charge in [0.05, 0.1) is 28.3 Å². The third kappa shape index (κ3) is 5.97. The first-order valence-corrected chi connectivity index (χ1v) is 15.2. The molecule has 42 heavy (non-hydrogen) atoms. The quantitative estimate of drug-likeness (QED) is 0.124. The molecular weight excluding hydrogens is 569 g/mol. The molecule has 0 atom stereocenters.